The van der Waals surface area contributed by atoms with Crippen LogP contribution >= 0.6 is 11.6 Å². The Bertz CT molecular complexity index is 744. The maximum atomic E-state index is 12.7. The minimum absolute atomic E-state index is 0.0800. The number of carbonyl (C=O) groups excluding carboxylic acids is 1. The van der Waals surface area contributed by atoms with Gasteiger partial charge in [-0.2, -0.15) is 18.3 Å². The molecule has 0 unspecified atom stereocenters. The Morgan fingerprint density at radius 3 is 2.91 bits per heavy atom. The van der Waals surface area contributed by atoms with Gasteiger partial charge in [-0.15, -0.1) is 0 Å². The SMILES string of the molecule is O=C1[C@H](O)Cc2cc(Cl)c3[nH]ncc3c2CN1CC(F)(F)F. The smallest absolute Gasteiger partial charge is 0.383 e. The highest BCUT2D eigenvalue weighted by Crippen LogP contribution is 2.32. The average molecular weight is 334 g/mol. The predicted molar refractivity (Wildman–Crippen MR) is 72.3 cm³/mol. The molecule has 1 atom stereocenters. The fraction of sp³-hybridized carbons (Fsp3) is 0.385. The lowest BCUT2D eigenvalue weighted by Crippen LogP contribution is -2.42. The lowest BCUT2D eigenvalue weighted by atomic mass is 10.00. The van der Waals surface area contributed by atoms with Crippen molar-refractivity contribution in [3.05, 3.63) is 28.4 Å². The number of aromatic amines is 1. The summed E-state index contributed by atoms with van der Waals surface area (Å²) in [5.74, 6) is -0.943. The van der Waals surface area contributed by atoms with Crippen molar-refractivity contribution in [2.24, 2.45) is 0 Å². The monoisotopic (exact) mass is 333 g/mol. The first-order valence-corrected chi connectivity index (χ1v) is 6.81. The van der Waals surface area contributed by atoms with Gasteiger partial charge in [0.1, 0.15) is 12.6 Å². The number of aliphatic hydroxyl groups excluding tert-OH is 1. The summed E-state index contributed by atoms with van der Waals surface area (Å²) in [4.78, 5) is 12.6. The van der Waals surface area contributed by atoms with E-state index in [2.05, 4.69) is 10.2 Å². The van der Waals surface area contributed by atoms with Crippen LogP contribution in [0.5, 0.6) is 0 Å². The third-order valence-corrected chi connectivity index (χ3v) is 3.92. The Hall–Kier alpha value is -1.80. The van der Waals surface area contributed by atoms with E-state index in [1.54, 1.807) is 6.07 Å². The zero-order valence-corrected chi connectivity index (χ0v) is 11.9. The van der Waals surface area contributed by atoms with Gasteiger partial charge in [0.15, 0.2) is 0 Å². The lowest BCUT2D eigenvalue weighted by Gasteiger charge is -2.23. The highest BCUT2D eigenvalue weighted by Gasteiger charge is 2.37. The molecule has 5 nitrogen and oxygen atoms in total. The Morgan fingerprint density at radius 1 is 1.50 bits per heavy atom. The Labute approximate surface area is 127 Å². The average Bonchev–Trinajstić information content (AvgIpc) is 2.85. The van der Waals surface area contributed by atoms with E-state index in [1.807, 2.05) is 0 Å². The normalized spacial score (nSPS) is 19.4. The van der Waals surface area contributed by atoms with Gasteiger partial charge in [0.25, 0.3) is 5.91 Å². The molecule has 9 heteroatoms. The van der Waals surface area contributed by atoms with E-state index >= 15 is 0 Å². The number of hydrogen-bond donors (Lipinski definition) is 2. The summed E-state index contributed by atoms with van der Waals surface area (Å²) >= 11 is 6.08. The van der Waals surface area contributed by atoms with Crippen molar-refractivity contribution in [1.82, 2.24) is 15.1 Å². The number of benzene rings is 1. The van der Waals surface area contributed by atoms with Crippen LogP contribution in [0, 0.1) is 0 Å². The number of halogens is 4. The largest absolute Gasteiger partial charge is 0.406 e. The van der Waals surface area contributed by atoms with Crippen LogP contribution in [0.1, 0.15) is 11.1 Å². The summed E-state index contributed by atoms with van der Waals surface area (Å²) in [6.45, 7) is -1.66. The Balaban J connectivity index is 2.11. The van der Waals surface area contributed by atoms with Crippen LogP contribution < -0.4 is 0 Å². The summed E-state index contributed by atoms with van der Waals surface area (Å²) in [5, 5.41) is 17.3. The summed E-state index contributed by atoms with van der Waals surface area (Å²) < 4.78 is 38.0. The summed E-state index contributed by atoms with van der Waals surface area (Å²) in [6, 6.07) is 1.55. The van der Waals surface area contributed by atoms with Gasteiger partial charge < -0.3 is 10.0 Å². The predicted octanol–water partition coefficient (Wildman–Crippen LogP) is 2.02. The van der Waals surface area contributed by atoms with Crippen LogP contribution in [0.25, 0.3) is 10.9 Å². The number of hydrogen-bond acceptors (Lipinski definition) is 3. The molecule has 2 heterocycles. The van der Waals surface area contributed by atoms with Crippen molar-refractivity contribution < 1.29 is 23.1 Å². The molecule has 2 aromatic rings. The first-order valence-electron chi connectivity index (χ1n) is 6.43. The van der Waals surface area contributed by atoms with Crippen molar-refractivity contribution in [2.75, 3.05) is 6.54 Å². The molecule has 0 saturated carbocycles. The molecule has 1 aliphatic rings. The molecular formula is C13H11ClF3N3O2. The maximum absolute atomic E-state index is 12.7. The van der Waals surface area contributed by atoms with Crippen LogP contribution in [0.3, 0.4) is 0 Å². The number of nitrogens with zero attached hydrogens (tertiary/aromatic N) is 2. The summed E-state index contributed by atoms with van der Waals surface area (Å²) in [5.41, 5.74) is 1.56. The van der Waals surface area contributed by atoms with Gasteiger partial charge in [-0.05, 0) is 17.2 Å². The number of amides is 1. The van der Waals surface area contributed by atoms with E-state index in [0.29, 0.717) is 32.0 Å². The zero-order valence-electron chi connectivity index (χ0n) is 11.1. The lowest BCUT2D eigenvalue weighted by molar-refractivity contribution is -0.167. The summed E-state index contributed by atoms with van der Waals surface area (Å²) in [6.07, 6.45) is -4.69. The second-order valence-electron chi connectivity index (χ2n) is 5.18. The van der Waals surface area contributed by atoms with Crippen LogP contribution in [-0.4, -0.2) is 44.9 Å². The van der Waals surface area contributed by atoms with E-state index < -0.39 is 24.7 Å². The molecule has 0 radical (unpaired) electrons. The molecule has 0 fully saturated rings. The number of carbonyl (C=O) groups is 1. The van der Waals surface area contributed by atoms with Gasteiger partial charge in [0.05, 0.1) is 16.7 Å². The number of aromatic nitrogens is 2. The van der Waals surface area contributed by atoms with Crippen molar-refractivity contribution in [3.8, 4) is 0 Å². The molecular weight excluding hydrogens is 323 g/mol. The van der Waals surface area contributed by atoms with E-state index in [9.17, 15) is 23.1 Å². The Kier molecular flexibility index (Phi) is 3.53. The van der Waals surface area contributed by atoms with Crippen molar-refractivity contribution in [3.63, 3.8) is 0 Å². The third-order valence-electron chi connectivity index (χ3n) is 3.62. The van der Waals surface area contributed by atoms with Gasteiger partial charge >= 0.3 is 6.18 Å². The molecule has 0 saturated heterocycles. The number of nitrogens with one attached hydrogen (secondary N) is 1. The van der Waals surface area contributed by atoms with Crippen molar-refractivity contribution >= 4 is 28.4 Å². The molecule has 3 rings (SSSR count). The van der Waals surface area contributed by atoms with Crippen LogP contribution in [0.2, 0.25) is 5.02 Å². The highest BCUT2D eigenvalue weighted by molar-refractivity contribution is 6.35. The van der Waals surface area contributed by atoms with Crippen LogP contribution in [0.15, 0.2) is 12.3 Å². The van der Waals surface area contributed by atoms with Gasteiger partial charge in [0.2, 0.25) is 0 Å². The first-order chi connectivity index (χ1) is 10.3. The van der Waals surface area contributed by atoms with Crippen molar-refractivity contribution in [2.45, 2.75) is 25.2 Å². The van der Waals surface area contributed by atoms with Gasteiger partial charge in [-0.1, -0.05) is 11.6 Å². The molecule has 0 bridgehead atoms. The number of aliphatic hydroxyl groups is 1. The van der Waals surface area contributed by atoms with Gasteiger partial charge in [-0.3, -0.25) is 9.89 Å². The van der Waals surface area contributed by atoms with Crippen LogP contribution in [0.4, 0.5) is 13.2 Å². The first kappa shape index (κ1) is 15.1. The number of rotatable bonds is 1. The minimum Gasteiger partial charge on any atom is -0.383 e. The molecule has 1 amide bonds. The molecule has 1 aromatic carbocycles. The van der Waals surface area contributed by atoms with E-state index in [-0.39, 0.29) is 13.0 Å². The Morgan fingerprint density at radius 2 is 2.23 bits per heavy atom. The van der Waals surface area contributed by atoms with E-state index in [0.717, 1.165) is 0 Å². The fourth-order valence-electron chi connectivity index (χ4n) is 2.68. The van der Waals surface area contributed by atoms with E-state index in [4.69, 9.17) is 11.6 Å². The minimum atomic E-state index is -4.54. The second kappa shape index (κ2) is 5.13. The molecule has 22 heavy (non-hydrogen) atoms. The van der Waals surface area contributed by atoms with Crippen molar-refractivity contribution in [1.29, 1.82) is 0 Å². The molecule has 1 aliphatic heterocycles. The highest BCUT2D eigenvalue weighted by atomic mass is 35.5. The second-order valence-corrected chi connectivity index (χ2v) is 5.59. The molecule has 0 spiro atoms. The van der Waals surface area contributed by atoms with E-state index in [1.165, 1.54) is 6.20 Å². The number of H-pyrrole nitrogens is 1. The van der Waals surface area contributed by atoms with Crippen LogP contribution in [-0.2, 0) is 17.8 Å². The number of alkyl halides is 3. The standard InChI is InChI=1S/C13H11ClF3N3O2/c14-9-1-6-2-10(21)12(22)20(5-13(15,16)17)4-8(6)7-3-18-19-11(7)9/h1,3,10,21H,2,4-5H2,(H,18,19)/t10-/m1/s1. The quantitative estimate of drug-likeness (QED) is 0.839. The topological polar surface area (TPSA) is 69.2 Å². The fourth-order valence-corrected chi connectivity index (χ4v) is 2.95. The molecule has 2 N–H and O–H groups in total. The molecule has 1 aromatic heterocycles. The molecule has 0 aliphatic carbocycles. The third kappa shape index (κ3) is 2.64. The maximum Gasteiger partial charge on any atom is 0.406 e. The molecule has 118 valence electrons. The van der Waals surface area contributed by atoms with Gasteiger partial charge in [-0.25, -0.2) is 0 Å². The van der Waals surface area contributed by atoms with Gasteiger partial charge in [0, 0.05) is 18.4 Å². The zero-order chi connectivity index (χ0) is 16.1. The number of fused-ring (bicyclic) bond motifs is 3. The summed E-state index contributed by atoms with van der Waals surface area (Å²) in [7, 11) is 0.